The third-order valence-corrected chi connectivity index (χ3v) is 2.43. The Bertz CT molecular complexity index is 368. The summed E-state index contributed by atoms with van der Waals surface area (Å²) in [5.41, 5.74) is 2.39. The van der Waals surface area contributed by atoms with Crippen LogP contribution in [-0.2, 0) is 11.2 Å². The average Bonchev–Trinajstić information content (AvgIpc) is 2.28. The molecule has 0 fully saturated rings. The number of aliphatic carboxylic acids is 1. The van der Waals surface area contributed by atoms with E-state index in [-0.39, 0.29) is 0 Å². The van der Waals surface area contributed by atoms with E-state index in [1.807, 2.05) is 24.1 Å². The maximum Gasteiger partial charge on any atom is 0.328 e. The summed E-state index contributed by atoms with van der Waals surface area (Å²) in [6.07, 6.45) is 3.83. The van der Waals surface area contributed by atoms with Gasteiger partial charge in [0.05, 0.1) is 0 Å². The second-order valence-electron chi connectivity index (χ2n) is 3.64. The van der Waals surface area contributed by atoms with Gasteiger partial charge in [-0.1, -0.05) is 25.1 Å². The van der Waals surface area contributed by atoms with Gasteiger partial charge in [-0.05, 0) is 24.1 Å². The van der Waals surface area contributed by atoms with E-state index in [1.54, 1.807) is 6.08 Å². The van der Waals surface area contributed by atoms with Crippen molar-refractivity contribution in [3.05, 3.63) is 42.0 Å². The van der Waals surface area contributed by atoms with E-state index in [9.17, 15) is 4.79 Å². The highest BCUT2D eigenvalue weighted by Gasteiger charge is 1.98. The Balaban J connectivity index is 2.58. The molecular formula is C13H17NO2. The molecule has 1 aromatic carbocycles. The quantitative estimate of drug-likeness (QED) is 0.773. The highest BCUT2D eigenvalue weighted by atomic mass is 16.4. The molecule has 0 aliphatic rings. The van der Waals surface area contributed by atoms with Gasteiger partial charge in [-0.2, -0.15) is 0 Å². The number of carboxylic acids is 1. The zero-order valence-electron chi connectivity index (χ0n) is 9.68. The number of carbonyl (C=O) groups is 1. The van der Waals surface area contributed by atoms with E-state index in [0.29, 0.717) is 6.54 Å². The predicted molar refractivity (Wildman–Crippen MR) is 65.9 cm³/mol. The van der Waals surface area contributed by atoms with E-state index in [1.165, 1.54) is 5.56 Å². The van der Waals surface area contributed by atoms with Gasteiger partial charge in [0.2, 0.25) is 0 Å². The van der Waals surface area contributed by atoms with Crippen LogP contribution < -0.4 is 4.90 Å². The number of aryl methyl sites for hydroxylation is 1. The Labute approximate surface area is 96.0 Å². The van der Waals surface area contributed by atoms with E-state index in [4.69, 9.17) is 5.11 Å². The number of likely N-dealkylation sites (N-methyl/N-ethyl adjacent to an activating group) is 1. The van der Waals surface area contributed by atoms with Gasteiger partial charge < -0.3 is 10.0 Å². The average molecular weight is 219 g/mol. The number of hydrogen-bond donors (Lipinski definition) is 1. The van der Waals surface area contributed by atoms with Gasteiger partial charge >= 0.3 is 5.97 Å². The van der Waals surface area contributed by atoms with E-state index >= 15 is 0 Å². The number of anilines is 1. The van der Waals surface area contributed by atoms with Crippen molar-refractivity contribution in [1.29, 1.82) is 0 Å². The van der Waals surface area contributed by atoms with Gasteiger partial charge in [0.15, 0.2) is 0 Å². The van der Waals surface area contributed by atoms with Crippen molar-refractivity contribution < 1.29 is 9.90 Å². The summed E-state index contributed by atoms with van der Waals surface area (Å²) >= 11 is 0. The van der Waals surface area contributed by atoms with Crippen LogP contribution in [0.1, 0.15) is 12.5 Å². The van der Waals surface area contributed by atoms with Gasteiger partial charge in [0.1, 0.15) is 0 Å². The lowest BCUT2D eigenvalue weighted by Gasteiger charge is -2.17. The molecule has 16 heavy (non-hydrogen) atoms. The van der Waals surface area contributed by atoms with E-state index in [2.05, 4.69) is 19.1 Å². The third kappa shape index (κ3) is 3.77. The maximum atomic E-state index is 10.3. The highest BCUT2D eigenvalue weighted by Crippen LogP contribution is 2.13. The molecule has 86 valence electrons. The van der Waals surface area contributed by atoms with Gasteiger partial charge in [-0.3, -0.25) is 0 Å². The summed E-state index contributed by atoms with van der Waals surface area (Å²) in [6.45, 7) is 2.71. The van der Waals surface area contributed by atoms with Crippen molar-refractivity contribution >= 4 is 11.7 Å². The van der Waals surface area contributed by atoms with Gasteiger partial charge in [-0.15, -0.1) is 0 Å². The van der Waals surface area contributed by atoms with Crippen LogP contribution in [0, 0.1) is 0 Å². The smallest absolute Gasteiger partial charge is 0.328 e. The van der Waals surface area contributed by atoms with Gasteiger partial charge in [-0.25, -0.2) is 4.79 Å². The zero-order valence-corrected chi connectivity index (χ0v) is 9.68. The van der Waals surface area contributed by atoms with Crippen LogP contribution in [0.5, 0.6) is 0 Å². The van der Waals surface area contributed by atoms with Crippen LogP contribution in [-0.4, -0.2) is 24.7 Å². The summed E-state index contributed by atoms with van der Waals surface area (Å²) < 4.78 is 0. The number of benzene rings is 1. The molecule has 0 saturated heterocycles. The lowest BCUT2D eigenvalue weighted by atomic mass is 10.1. The molecule has 0 spiro atoms. The predicted octanol–water partition coefficient (Wildman–Crippen LogP) is 2.33. The van der Waals surface area contributed by atoms with Crippen molar-refractivity contribution in [3.8, 4) is 0 Å². The lowest BCUT2D eigenvalue weighted by molar-refractivity contribution is -0.131. The number of nitrogens with zero attached hydrogens (tertiary/aromatic N) is 1. The summed E-state index contributed by atoms with van der Waals surface area (Å²) in [7, 11) is 1.94. The Morgan fingerprint density at radius 2 is 2.00 bits per heavy atom. The summed E-state index contributed by atoms with van der Waals surface area (Å²) in [5.74, 6) is -0.908. The third-order valence-electron chi connectivity index (χ3n) is 2.43. The normalized spacial score (nSPS) is 10.6. The molecule has 0 aliphatic carbocycles. The molecule has 1 aromatic rings. The molecule has 0 bridgehead atoms. The monoisotopic (exact) mass is 219 g/mol. The highest BCUT2D eigenvalue weighted by molar-refractivity contribution is 5.79. The first-order chi connectivity index (χ1) is 7.63. The van der Waals surface area contributed by atoms with Crippen LogP contribution in [0.2, 0.25) is 0 Å². The van der Waals surface area contributed by atoms with Crippen molar-refractivity contribution in [3.63, 3.8) is 0 Å². The van der Waals surface area contributed by atoms with E-state index < -0.39 is 5.97 Å². The summed E-state index contributed by atoms with van der Waals surface area (Å²) in [5, 5.41) is 8.46. The Hall–Kier alpha value is -1.77. The Morgan fingerprint density at radius 3 is 2.50 bits per heavy atom. The molecule has 0 radical (unpaired) electrons. The molecule has 3 nitrogen and oxygen atoms in total. The van der Waals surface area contributed by atoms with Crippen molar-refractivity contribution in [2.45, 2.75) is 13.3 Å². The van der Waals surface area contributed by atoms with Crippen molar-refractivity contribution in [2.24, 2.45) is 0 Å². The van der Waals surface area contributed by atoms with Crippen LogP contribution in [0.4, 0.5) is 5.69 Å². The minimum Gasteiger partial charge on any atom is -0.478 e. The minimum atomic E-state index is -0.908. The van der Waals surface area contributed by atoms with Gasteiger partial charge in [0.25, 0.3) is 0 Å². The minimum absolute atomic E-state index is 0.595. The molecule has 0 atom stereocenters. The fourth-order valence-corrected chi connectivity index (χ4v) is 1.40. The number of rotatable bonds is 5. The fourth-order valence-electron chi connectivity index (χ4n) is 1.40. The van der Waals surface area contributed by atoms with Crippen molar-refractivity contribution in [2.75, 3.05) is 18.5 Å². The zero-order chi connectivity index (χ0) is 12.0. The molecule has 0 saturated carbocycles. The molecule has 0 aromatic heterocycles. The molecule has 0 unspecified atom stereocenters. The van der Waals surface area contributed by atoms with Crippen LogP contribution in [0.3, 0.4) is 0 Å². The SMILES string of the molecule is CCc1ccc(N(C)C/C=C/C(=O)O)cc1. The molecule has 0 amide bonds. The Morgan fingerprint density at radius 1 is 1.38 bits per heavy atom. The first-order valence-corrected chi connectivity index (χ1v) is 5.33. The molecular weight excluding hydrogens is 202 g/mol. The second-order valence-corrected chi connectivity index (χ2v) is 3.64. The standard InChI is InChI=1S/C13H17NO2/c1-3-11-6-8-12(9-7-11)14(2)10-4-5-13(15)16/h4-9H,3,10H2,1-2H3,(H,15,16)/b5-4+. The van der Waals surface area contributed by atoms with Crippen LogP contribution in [0.15, 0.2) is 36.4 Å². The molecule has 0 aliphatic heterocycles. The first kappa shape index (κ1) is 12.3. The molecule has 1 rings (SSSR count). The summed E-state index contributed by atoms with van der Waals surface area (Å²) in [4.78, 5) is 12.3. The first-order valence-electron chi connectivity index (χ1n) is 5.33. The topological polar surface area (TPSA) is 40.5 Å². The van der Waals surface area contributed by atoms with Crippen LogP contribution >= 0.6 is 0 Å². The Kier molecular flexibility index (Phi) is 4.58. The largest absolute Gasteiger partial charge is 0.478 e. The van der Waals surface area contributed by atoms with Crippen LogP contribution in [0.25, 0.3) is 0 Å². The lowest BCUT2D eigenvalue weighted by Crippen LogP contribution is -2.16. The summed E-state index contributed by atoms with van der Waals surface area (Å²) in [6, 6.07) is 8.28. The van der Waals surface area contributed by atoms with Gasteiger partial charge in [0, 0.05) is 25.4 Å². The van der Waals surface area contributed by atoms with E-state index in [0.717, 1.165) is 18.2 Å². The number of hydrogen-bond acceptors (Lipinski definition) is 2. The fraction of sp³-hybridized carbons (Fsp3) is 0.308. The number of carboxylic acid groups (broad SMARTS) is 1. The molecule has 3 heteroatoms. The second kappa shape index (κ2) is 5.95. The molecule has 0 heterocycles. The molecule has 1 N–H and O–H groups in total. The maximum absolute atomic E-state index is 10.3. The van der Waals surface area contributed by atoms with Crippen molar-refractivity contribution in [1.82, 2.24) is 0 Å².